The van der Waals surface area contributed by atoms with E-state index in [0.29, 0.717) is 12.2 Å². The first-order valence-corrected chi connectivity index (χ1v) is 6.65. The Morgan fingerprint density at radius 1 is 1.25 bits per heavy atom. The highest BCUT2D eigenvalue weighted by atomic mass is 16.5. The highest BCUT2D eigenvalue weighted by Crippen LogP contribution is 2.14. The molecule has 1 aromatic heterocycles. The number of pyridine rings is 1. The number of ether oxygens (including phenoxy) is 1. The van der Waals surface area contributed by atoms with Crippen molar-refractivity contribution in [3.05, 3.63) is 59.9 Å². The molecular formula is C16H18N2O2. The van der Waals surface area contributed by atoms with Gasteiger partial charge >= 0.3 is 0 Å². The van der Waals surface area contributed by atoms with Crippen molar-refractivity contribution in [2.45, 2.75) is 19.9 Å². The number of amides is 1. The summed E-state index contributed by atoms with van der Waals surface area (Å²) in [6.45, 7) is 4.45. The average Bonchev–Trinajstić information content (AvgIpc) is 2.49. The van der Waals surface area contributed by atoms with Crippen LogP contribution in [0.2, 0.25) is 0 Å². The summed E-state index contributed by atoms with van der Waals surface area (Å²) in [4.78, 5) is 16.3. The van der Waals surface area contributed by atoms with Gasteiger partial charge in [0.25, 0.3) is 5.91 Å². The highest BCUT2D eigenvalue weighted by molar-refractivity contribution is 5.94. The van der Waals surface area contributed by atoms with Crippen molar-refractivity contribution >= 4 is 5.91 Å². The SMILES string of the molecule is CCOc1ccc(C(=O)N[C@@H](C)c2ccccn2)cc1. The Labute approximate surface area is 118 Å². The maximum absolute atomic E-state index is 12.1. The molecule has 0 saturated carbocycles. The number of nitrogens with one attached hydrogen (secondary N) is 1. The maximum Gasteiger partial charge on any atom is 0.251 e. The van der Waals surface area contributed by atoms with E-state index in [1.807, 2.05) is 32.0 Å². The second-order valence-electron chi connectivity index (χ2n) is 4.41. The Kier molecular flexibility index (Phi) is 4.71. The molecule has 2 aromatic rings. The van der Waals surface area contributed by atoms with Crippen molar-refractivity contribution in [1.29, 1.82) is 0 Å². The average molecular weight is 270 g/mol. The number of nitrogens with zero attached hydrogens (tertiary/aromatic N) is 1. The van der Waals surface area contributed by atoms with Crippen LogP contribution in [0.15, 0.2) is 48.7 Å². The van der Waals surface area contributed by atoms with Crippen molar-refractivity contribution in [2.24, 2.45) is 0 Å². The van der Waals surface area contributed by atoms with Crippen LogP contribution in [0.3, 0.4) is 0 Å². The summed E-state index contributed by atoms with van der Waals surface area (Å²) in [5.74, 6) is 0.646. The lowest BCUT2D eigenvalue weighted by molar-refractivity contribution is 0.0939. The molecule has 0 unspecified atom stereocenters. The lowest BCUT2D eigenvalue weighted by Gasteiger charge is -2.13. The fraction of sp³-hybridized carbons (Fsp3) is 0.250. The van der Waals surface area contributed by atoms with E-state index in [-0.39, 0.29) is 11.9 Å². The molecule has 0 spiro atoms. The van der Waals surface area contributed by atoms with Crippen LogP contribution in [0.5, 0.6) is 5.75 Å². The molecule has 0 aliphatic heterocycles. The summed E-state index contributed by atoms with van der Waals surface area (Å²) in [5.41, 5.74) is 1.45. The van der Waals surface area contributed by atoms with Gasteiger partial charge in [-0.3, -0.25) is 9.78 Å². The summed E-state index contributed by atoms with van der Waals surface area (Å²) < 4.78 is 5.35. The van der Waals surface area contributed by atoms with Gasteiger partial charge in [-0.2, -0.15) is 0 Å². The smallest absolute Gasteiger partial charge is 0.251 e. The van der Waals surface area contributed by atoms with Crippen LogP contribution >= 0.6 is 0 Å². The minimum absolute atomic E-state index is 0.119. The molecule has 1 aromatic carbocycles. The lowest BCUT2D eigenvalue weighted by Crippen LogP contribution is -2.27. The van der Waals surface area contributed by atoms with Gasteiger partial charge in [-0.05, 0) is 50.2 Å². The summed E-state index contributed by atoms with van der Waals surface area (Å²) >= 11 is 0. The van der Waals surface area contributed by atoms with Gasteiger partial charge in [0, 0.05) is 11.8 Å². The van der Waals surface area contributed by atoms with Crippen LogP contribution in [-0.2, 0) is 0 Å². The number of hydrogen-bond donors (Lipinski definition) is 1. The zero-order valence-electron chi connectivity index (χ0n) is 11.7. The number of hydrogen-bond acceptors (Lipinski definition) is 3. The van der Waals surface area contributed by atoms with Crippen molar-refractivity contribution in [3.63, 3.8) is 0 Å². The third kappa shape index (κ3) is 3.57. The number of rotatable bonds is 5. The van der Waals surface area contributed by atoms with E-state index in [1.165, 1.54) is 0 Å². The largest absolute Gasteiger partial charge is 0.494 e. The van der Waals surface area contributed by atoms with Gasteiger partial charge in [0.2, 0.25) is 0 Å². The van der Waals surface area contributed by atoms with E-state index < -0.39 is 0 Å². The molecule has 20 heavy (non-hydrogen) atoms. The van der Waals surface area contributed by atoms with Crippen molar-refractivity contribution in [3.8, 4) is 5.75 Å². The number of aromatic nitrogens is 1. The third-order valence-corrected chi connectivity index (χ3v) is 2.91. The number of benzene rings is 1. The quantitative estimate of drug-likeness (QED) is 0.908. The lowest BCUT2D eigenvalue weighted by atomic mass is 10.1. The van der Waals surface area contributed by atoms with E-state index in [0.717, 1.165) is 11.4 Å². The summed E-state index contributed by atoms with van der Waals surface area (Å²) in [5, 5.41) is 2.92. The second kappa shape index (κ2) is 6.70. The Morgan fingerprint density at radius 3 is 2.60 bits per heavy atom. The van der Waals surface area contributed by atoms with Crippen LogP contribution in [-0.4, -0.2) is 17.5 Å². The van der Waals surface area contributed by atoms with Gasteiger partial charge in [0.1, 0.15) is 5.75 Å². The molecule has 1 N–H and O–H groups in total. The van der Waals surface area contributed by atoms with Crippen molar-refractivity contribution in [2.75, 3.05) is 6.61 Å². The zero-order valence-corrected chi connectivity index (χ0v) is 11.7. The molecule has 0 radical (unpaired) electrons. The summed E-state index contributed by atoms with van der Waals surface area (Å²) in [6, 6.07) is 12.6. The Morgan fingerprint density at radius 2 is 2.00 bits per heavy atom. The van der Waals surface area contributed by atoms with E-state index in [1.54, 1.807) is 30.5 Å². The predicted octanol–water partition coefficient (Wildman–Crippen LogP) is 2.97. The van der Waals surface area contributed by atoms with Gasteiger partial charge in [0.15, 0.2) is 0 Å². The molecule has 0 fully saturated rings. The monoisotopic (exact) mass is 270 g/mol. The van der Waals surface area contributed by atoms with E-state index in [9.17, 15) is 4.79 Å². The van der Waals surface area contributed by atoms with E-state index in [2.05, 4.69) is 10.3 Å². The Balaban J connectivity index is 2.01. The van der Waals surface area contributed by atoms with Crippen molar-refractivity contribution < 1.29 is 9.53 Å². The molecule has 104 valence electrons. The minimum atomic E-state index is -0.129. The zero-order chi connectivity index (χ0) is 14.4. The Bertz CT molecular complexity index is 552. The van der Waals surface area contributed by atoms with Gasteiger partial charge in [-0.15, -0.1) is 0 Å². The standard InChI is InChI=1S/C16H18N2O2/c1-3-20-14-9-7-13(8-10-14)16(19)18-12(2)15-6-4-5-11-17-15/h4-12H,3H2,1-2H3,(H,18,19)/t12-/m0/s1. The minimum Gasteiger partial charge on any atom is -0.494 e. The molecule has 0 saturated heterocycles. The third-order valence-electron chi connectivity index (χ3n) is 2.91. The van der Waals surface area contributed by atoms with Crippen LogP contribution in [0.25, 0.3) is 0 Å². The van der Waals surface area contributed by atoms with E-state index in [4.69, 9.17) is 4.74 Å². The van der Waals surface area contributed by atoms with Gasteiger partial charge in [-0.1, -0.05) is 6.07 Å². The molecule has 0 bridgehead atoms. The normalized spacial score (nSPS) is 11.7. The highest BCUT2D eigenvalue weighted by Gasteiger charge is 2.12. The first-order chi connectivity index (χ1) is 9.70. The first kappa shape index (κ1) is 14.1. The van der Waals surface area contributed by atoms with Gasteiger partial charge < -0.3 is 10.1 Å². The van der Waals surface area contributed by atoms with Gasteiger partial charge in [0.05, 0.1) is 18.3 Å². The molecule has 4 heteroatoms. The van der Waals surface area contributed by atoms with Crippen LogP contribution in [0, 0.1) is 0 Å². The molecule has 1 heterocycles. The molecular weight excluding hydrogens is 252 g/mol. The topological polar surface area (TPSA) is 51.2 Å². The summed E-state index contributed by atoms with van der Waals surface area (Å²) in [6.07, 6.45) is 1.72. The molecule has 1 atom stereocenters. The van der Waals surface area contributed by atoms with Crippen LogP contribution in [0.4, 0.5) is 0 Å². The van der Waals surface area contributed by atoms with Crippen LogP contribution in [0.1, 0.15) is 35.9 Å². The van der Waals surface area contributed by atoms with Crippen molar-refractivity contribution in [1.82, 2.24) is 10.3 Å². The molecule has 4 nitrogen and oxygen atoms in total. The fourth-order valence-electron chi connectivity index (χ4n) is 1.86. The van der Waals surface area contributed by atoms with Gasteiger partial charge in [-0.25, -0.2) is 0 Å². The maximum atomic E-state index is 12.1. The second-order valence-corrected chi connectivity index (χ2v) is 4.41. The molecule has 1 amide bonds. The Hall–Kier alpha value is -2.36. The van der Waals surface area contributed by atoms with Crippen LogP contribution < -0.4 is 10.1 Å². The molecule has 0 aliphatic carbocycles. The predicted molar refractivity (Wildman–Crippen MR) is 77.7 cm³/mol. The number of carbonyl (C=O) groups is 1. The fourth-order valence-corrected chi connectivity index (χ4v) is 1.86. The number of carbonyl (C=O) groups excluding carboxylic acids is 1. The molecule has 2 rings (SSSR count). The molecule has 0 aliphatic rings. The summed E-state index contributed by atoms with van der Waals surface area (Å²) in [7, 11) is 0. The first-order valence-electron chi connectivity index (χ1n) is 6.65. The van der Waals surface area contributed by atoms with E-state index >= 15 is 0 Å².